The van der Waals surface area contributed by atoms with Crippen molar-refractivity contribution >= 4 is 40.6 Å². The van der Waals surface area contributed by atoms with Gasteiger partial charge in [-0.05, 0) is 36.5 Å². The Balaban J connectivity index is 1.94. The van der Waals surface area contributed by atoms with E-state index in [0.29, 0.717) is 28.6 Å². The topological polar surface area (TPSA) is 37.4 Å². The lowest BCUT2D eigenvalue weighted by Gasteiger charge is -2.43. The van der Waals surface area contributed by atoms with Crippen LogP contribution < -0.4 is 4.90 Å². The molecule has 4 rings (SSSR count). The lowest BCUT2D eigenvalue weighted by Crippen LogP contribution is -2.43. The van der Waals surface area contributed by atoms with Crippen molar-refractivity contribution < 1.29 is 9.59 Å². The van der Waals surface area contributed by atoms with Gasteiger partial charge in [-0.15, -0.1) is 0 Å². The lowest BCUT2D eigenvalue weighted by molar-refractivity contribution is -0.121. The molecular weight excluding hydrogens is 405 g/mol. The summed E-state index contributed by atoms with van der Waals surface area (Å²) in [4.78, 5) is 28.3. The van der Waals surface area contributed by atoms with Crippen LogP contribution >= 0.6 is 23.2 Å². The molecule has 0 saturated carbocycles. The van der Waals surface area contributed by atoms with Crippen LogP contribution in [-0.2, 0) is 9.59 Å². The van der Waals surface area contributed by atoms with E-state index >= 15 is 0 Å². The average Bonchev–Trinajstić information content (AvgIpc) is 2.63. The maximum Gasteiger partial charge on any atom is 0.232 e. The molecular formula is C24H23Cl2NO2. The van der Waals surface area contributed by atoms with Gasteiger partial charge in [0.1, 0.15) is 0 Å². The summed E-state index contributed by atoms with van der Waals surface area (Å²) in [5.74, 6) is -0.182. The fraction of sp³-hybridized carbons (Fsp3) is 0.333. The third-order valence-electron chi connectivity index (χ3n) is 5.76. The number of hydrogen-bond acceptors (Lipinski definition) is 2. The van der Waals surface area contributed by atoms with Crippen molar-refractivity contribution in [1.29, 1.82) is 0 Å². The summed E-state index contributed by atoms with van der Waals surface area (Å²) in [6, 6.07) is 13.3. The second-order valence-electron chi connectivity index (χ2n) is 8.77. The first-order valence-corrected chi connectivity index (χ1v) is 10.5. The van der Waals surface area contributed by atoms with Crippen molar-refractivity contribution in [3.05, 3.63) is 74.9 Å². The van der Waals surface area contributed by atoms with Crippen LogP contribution in [0.15, 0.2) is 53.7 Å². The van der Waals surface area contributed by atoms with E-state index in [1.807, 2.05) is 25.1 Å². The van der Waals surface area contributed by atoms with Gasteiger partial charge in [0.05, 0.1) is 15.7 Å². The number of aryl methyl sites for hydroxylation is 1. The van der Waals surface area contributed by atoms with Crippen molar-refractivity contribution in [2.24, 2.45) is 5.41 Å². The van der Waals surface area contributed by atoms with E-state index < -0.39 is 0 Å². The number of halogens is 2. The number of hydrogen-bond donors (Lipinski definition) is 0. The van der Waals surface area contributed by atoms with Gasteiger partial charge >= 0.3 is 0 Å². The van der Waals surface area contributed by atoms with E-state index in [1.165, 1.54) is 0 Å². The minimum atomic E-state index is -0.228. The summed E-state index contributed by atoms with van der Waals surface area (Å²) >= 11 is 12.7. The van der Waals surface area contributed by atoms with Crippen LogP contribution in [-0.4, -0.2) is 11.7 Å². The SMILES string of the molecule is Cc1cccc(C2CC(=O)N(c3cccc(Cl)c3Cl)C3=C2C(=O)CC(C)(C)C3)c1. The van der Waals surface area contributed by atoms with Crippen LogP contribution in [0.3, 0.4) is 0 Å². The number of rotatable bonds is 2. The monoisotopic (exact) mass is 427 g/mol. The standard InChI is InChI=1S/C24H23Cl2NO2/c1-14-6-4-7-15(10-14)16-11-21(29)27(18-9-5-8-17(25)23(18)26)19-12-24(2,3)13-20(28)22(16)19/h4-10,16H,11-13H2,1-3H3. The Kier molecular flexibility index (Phi) is 5.08. The molecule has 3 nitrogen and oxygen atoms in total. The smallest absolute Gasteiger partial charge is 0.232 e. The highest BCUT2D eigenvalue weighted by atomic mass is 35.5. The number of anilines is 1. The van der Waals surface area contributed by atoms with Crippen LogP contribution in [0.4, 0.5) is 5.69 Å². The van der Waals surface area contributed by atoms with Gasteiger partial charge in [-0.2, -0.15) is 0 Å². The van der Waals surface area contributed by atoms with Crippen LogP contribution in [0.25, 0.3) is 0 Å². The molecule has 2 aliphatic rings. The van der Waals surface area contributed by atoms with E-state index in [0.717, 1.165) is 22.4 Å². The predicted molar refractivity (Wildman–Crippen MR) is 118 cm³/mol. The molecule has 1 aliphatic heterocycles. The van der Waals surface area contributed by atoms with E-state index in [4.69, 9.17) is 23.2 Å². The molecule has 2 aromatic rings. The number of carbonyl (C=O) groups excluding carboxylic acids is 2. The summed E-state index contributed by atoms with van der Waals surface area (Å²) in [6.45, 7) is 6.15. The van der Waals surface area contributed by atoms with Crippen molar-refractivity contribution in [2.75, 3.05) is 4.90 Å². The number of Topliss-reactive ketones (excluding diaryl/α,β-unsaturated/α-hetero) is 1. The Hall–Kier alpha value is -2.10. The first-order valence-electron chi connectivity index (χ1n) is 9.78. The molecule has 0 radical (unpaired) electrons. The number of ketones is 1. The fourth-order valence-corrected chi connectivity index (χ4v) is 4.91. The molecule has 1 unspecified atom stereocenters. The summed E-state index contributed by atoms with van der Waals surface area (Å²) in [6.07, 6.45) is 1.34. The van der Waals surface area contributed by atoms with E-state index in [9.17, 15) is 9.59 Å². The zero-order valence-electron chi connectivity index (χ0n) is 16.8. The van der Waals surface area contributed by atoms with E-state index in [-0.39, 0.29) is 29.4 Å². The van der Waals surface area contributed by atoms with Gasteiger partial charge in [-0.1, -0.05) is 72.9 Å². The fourth-order valence-electron chi connectivity index (χ4n) is 4.53. The largest absolute Gasteiger partial charge is 0.294 e. The molecule has 0 bridgehead atoms. The summed E-state index contributed by atoms with van der Waals surface area (Å²) in [7, 11) is 0. The molecule has 0 fully saturated rings. The van der Waals surface area contributed by atoms with Crippen LogP contribution in [0.2, 0.25) is 10.0 Å². The van der Waals surface area contributed by atoms with Gasteiger partial charge in [-0.25, -0.2) is 0 Å². The predicted octanol–water partition coefficient (Wildman–Crippen LogP) is 6.47. The van der Waals surface area contributed by atoms with Gasteiger partial charge < -0.3 is 0 Å². The van der Waals surface area contributed by atoms with Crippen LogP contribution in [0.1, 0.15) is 50.2 Å². The maximum atomic E-state index is 13.4. The number of carbonyl (C=O) groups is 2. The molecule has 0 spiro atoms. The molecule has 1 aliphatic carbocycles. The van der Waals surface area contributed by atoms with Gasteiger partial charge in [0.25, 0.3) is 0 Å². The number of amides is 1. The highest BCUT2D eigenvalue weighted by Crippen LogP contribution is 2.49. The molecule has 1 amide bonds. The Morgan fingerprint density at radius 2 is 1.76 bits per heavy atom. The van der Waals surface area contributed by atoms with Gasteiger partial charge in [-0.3, -0.25) is 14.5 Å². The maximum absolute atomic E-state index is 13.4. The average molecular weight is 428 g/mol. The molecule has 150 valence electrons. The van der Waals surface area contributed by atoms with Crippen LogP contribution in [0, 0.1) is 12.3 Å². The van der Waals surface area contributed by atoms with Crippen molar-refractivity contribution in [1.82, 2.24) is 0 Å². The molecule has 29 heavy (non-hydrogen) atoms. The Morgan fingerprint density at radius 1 is 1.03 bits per heavy atom. The Labute approximate surface area is 181 Å². The number of nitrogens with zero attached hydrogens (tertiary/aromatic N) is 1. The first-order chi connectivity index (χ1) is 13.7. The zero-order valence-corrected chi connectivity index (χ0v) is 18.3. The third-order valence-corrected chi connectivity index (χ3v) is 6.57. The summed E-state index contributed by atoms with van der Waals surface area (Å²) in [5.41, 5.74) is 3.94. The quantitative estimate of drug-likeness (QED) is 0.550. The van der Waals surface area contributed by atoms with Crippen LogP contribution in [0.5, 0.6) is 0 Å². The highest BCUT2D eigenvalue weighted by Gasteiger charge is 2.44. The molecule has 2 aromatic carbocycles. The second kappa shape index (κ2) is 7.30. The molecule has 1 heterocycles. The minimum Gasteiger partial charge on any atom is -0.294 e. The molecule has 5 heteroatoms. The van der Waals surface area contributed by atoms with E-state index in [1.54, 1.807) is 23.1 Å². The molecule has 0 N–H and O–H groups in total. The Bertz CT molecular complexity index is 1050. The summed E-state index contributed by atoms with van der Waals surface area (Å²) in [5, 5.41) is 0.723. The molecule has 0 aromatic heterocycles. The Morgan fingerprint density at radius 3 is 2.48 bits per heavy atom. The van der Waals surface area contributed by atoms with E-state index in [2.05, 4.69) is 19.9 Å². The number of allylic oxidation sites excluding steroid dienone is 2. The van der Waals surface area contributed by atoms with Gasteiger partial charge in [0, 0.05) is 30.0 Å². The summed E-state index contributed by atoms with van der Waals surface area (Å²) < 4.78 is 0. The molecule has 1 atom stereocenters. The first kappa shape index (κ1) is 20.2. The van der Waals surface area contributed by atoms with Crippen molar-refractivity contribution in [2.45, 2.75) is 46.0 Å². The minimum absolute atomic E-state index is 0.0649. The normalized spacial score (nSPS) is 21.4. The van der Waals surface area contributed by atoms with Gasteiger partial charge in [0.15, 0.2) is 5.78 Å². The highest BCUT2D eigenvalue weighted by molar-refractivity contribution is 6.44. The number of benzene rings is 2. The van der Waals surface area contributed by atoms with Crippen molar-refractivity contribution in [3.63, 3.8) is 0 Å². The third kappa shape index (κ3) is 3.62. The zero-order chi connectivity index (χ0) is 20.9. The second-order valence-corrected chi connectivity index (χ2v) is 9.56. The van der Waals surface area contributed by atoms with Crippen molar-refractivity contribution in [3.8, 4) is 0 Å². The van der Waals surface area contributed by atoms with Gasteiger partial charge in [0.2, 0.25) is 5.91 Å². The molecule has 0 saturated heterocycles. The lowest BCUT2D eigenvalue weighted by atomic mass is 9.69.